The van der Waals surface area contributed by atoms with Gasteiger partial charge in [0.25, 0.3) is 5.91 Å². The van der Waals surface area contributed by atoms with Crippen LogP contribution < -0.4 is 5.32 Å². The molecular weight excluding hydrogens is 317 g/mol. The first kappa shape index (κ1) is 17.4. The molecule has 0 saturated heterocycles. The number of hydrogen-bond donors (Lipinski definition) is 1. The standard InChI is InChI=1S/C18H19ClFNO2/c1-13(14-6-3-2-4-7-14)23-11-5-10-21-18(22)16-12-15(19)8-9-17(16)20/h2-4,6-9,12-13H,5,10-11H2,1H3,(H,21,22)/t13-/m1/s1. The van der Waals surface area contributed by atoms with E-state index in [1.54, 1.807) is 0 Å². The van der Waals surface area contributed by atoms with Gasteiger partial charge in [-0.15, -0.1) is 0 Å². The van der Waals surface area contributed by atoms with Crippen molar-refractivity contribution in [2.24, 2.45) is 0 Å². The molecule has 0 bridgehead atoms. The van der Waals surface area contributed by atoms with E-state index in [2.05, 4.69) is 5.32 Å². The third kappa shape index (κ3) is 5.34. The molecule has 3 nitrogen and oxygen atoms in total. The van der Waals surface area contributed by atoms with E-state index < -0.39 is 11.7 Å². The van der Waals surface area contributed by atoms with Gasteiger partial charge in [0, 0.05) is 18.2 Å². The molecule has 1 amide bonds. The Hall–Kier alpha value is -1.91. The summed E-state index contributed by atoms with van der Waals surface area (Å²) in [5.74, 6) is -1.05. The monoisotopic (exact) mass is 335 g/mol. The van der Waals surface area contributed by atoms with Crippen molar-refractivity contribution in [3.8, 4) is 0 Å². The smallest absolute Gasteiger partial charge is 0.254 e. The number of rotatable bonds is 7. The van der Waals surface area contributed by atoms with Gasteiger partial charge in [-0.25, -0.2) is 4.39 Å². The predicted octanol–water partition coefficient (Wildman–Crippen LogP) is 4.38. The zero-order valence-electron chi connectivity index (χ0n) is 12.9. The summed E-state index contributed by atoms with van der Waals surface area (Å²) >= 11 is 5.77. The molecule has 122 valence electrons. The van der Waals surface area contributed by atoms with Crippen molar-refractivity contribution in [1.82, 2.24) is 5.32 Å². The summed E-state index contributed by atoms with van der Waals surface area (Å²) < 4.78 is 19.3. The molecule has 0 spiro atoms. The lowest BCUT2D eigenvalue weighted by atomic mass is 10.1. The van der Waals surface area contributed by atoms with Gasteiger partial charge in [-0.3, -0.25) is 4.79 Å². The molecule has 5 heteroatoms. The Balaban J connectivity index is 1.71. The van der Waals surface area contributed by atoms with Gasteiger partial charge in [0.1, 0.15) is 5.82 Å². The normalized spacial score (nSPS) is 12.0. The van der Waals surface area contributed by atoms with Crippen LogP contribution in [0.4, 0.5) is 4.39 Å². The maximum Gasteiger partial charge on any atom is 0.254 e. The second-order valence-corrected chi connectivity index (χ2v) is 5.59. The Labute approximate surface area is 140 Å². The maximum atomic E-state index is 13.5. The zero-order valence-corrected chi connectivity index (χ0v) is 13.6. The molecule has 0 aliphatic carbocycles. The fraction of sp³-hybridized carbons (Fsp3) is 0.278. The van der Waals surface area contributed by atoms with E-state index in [1.807, 2.05) is 37.3 Å². The Morgan fingerprint density at radius 3 is 2.74 bits per heavy atom. The van der Waals surface area contributed by atoms with Crippen LogP contribution in [-0.4, -0.2) is 19.1 Å². The molecule has 0 aromatic heterocycles. The number of nitrogens with one attached hydrogen (secondary N) is 1. The number of halogens is 2. The molecule has 0 saturated carbocycles. The van der Waals surface area contributed by atoms with Gasteiger partial charge in [0.05, 0.1) is 11.7 Å². The van der Waals surface area contributed by atoms with E-state index in [4.69, 9.17) is 16.3 Å². The number of carbonyl (C=O) groups excluding carboxylic acids is 1. The summed E-state index contributed by atoms with van der Waals surface area (Å²) in [5.41, 5.74) is 1.06. The summed E-state index contributed by atoms with van der Waals surface area (Å²) in [4.78, 5) is 11.9. The van der Waals surface area contributed by atoms with Crippen LogP contribution in [-0.2, 0) is 4.74 Å². The van der Waals surface area contributed by atoms with Crippen molar-refractivity contribution in [3.05, 3.63) is 70.5 Å². The highest BCUT2D eigenvalue weighted by Crippen LogP contribution is 2.16. The maximum absolute atomic E-state index is 13.5. The highest BCUT2D eigenvalue weighted by atomic mass is 35.5. The van der Waals surface area contributed by atoms with Crippen LogP contribution in [0.25, 0.3) is 0 Å². The molecule has 23 heavy (non-hydrogen) atoms. The summed E-state index contributed by atoms with van der Waals surface area (Å²) in [6.07, 6.45) is 0.641. The molecule has 0 aliphatic heterocycles. The second-order valence-electron chi connectivity index (χ2n) is 5.16. The Bertz CT molecular complexity index is 649. The summed E-state index contributed by atoms with van der Waals surface area (Å²) in [7, 11) is 0. The molecule has 1 atom stereocenters. The fourth-order valence-corrected chi connectivity index (χ4v) is 2.29. The number of amides is 1. The minimum absolute atomic E-state index is 0.00252. The lowest BCUT2D eigenvalue weighted by Crippen LogP contribution is -2.26. The fourth-order valence-electron chi connectivity index (χ4n) is 2.12. The van der Waals surface area contributed by atoms with Crippen molar-refractivity contribution >= 4 is 17.5 Å². The van der Waals surface area contributed by atoms with Crippen LogP contribution in [0.1, 0.15) is 35.4 Å². The van der Waals surface area contributed by atoms with Crippen LogP contribution in [0, 0.1) is 5.82 Å². The van der Waals surface area contributed by atoms with Crippen molar-refractivity contribution < 1.29 is 13.9 Å². The van der Waals surface area contributed by atoms with Gasteiger partial charge in [-0.05, 0) is 37.1 Å². The average Bonchev–Trinajstić information content (AvgIpc) is 2.57. The topological polar surface area (TPSA) is 38.3 Å². The van der Waals surface area contributed by atoms with E-state index in [0.717, 1.165) is 5.56 Å². The van der Waals surface area contributed by atoms with Crippen molar-refractivity contribution in [2.75, 3.05) is 13.2 Å². The SMILES string of the molecule is C[C@@H](OCCCNC(=O)c1cc(Cl)ccc1F)c1ccccc1. The lowest BCUT2D eigenvalue weighted by Gasteiger charge is -2.13. The molecule has 0 heterocycles. The molecule has 0 radical (unpaired) electrons. The first-order valence-corrected chi connectivity index (χ1v) is 7.85. The van der Waals surface area contributed by atoms with Crippen LogP contribution in [0.15, 0.2) is 48.5 Å². The van der Waals surface area contributed by atoms with Crippen molar-refractivity contribution in [2.45, 2.75) is 19.4 Å². The van der Waals surface area contributed by atoms with Crippen LogP contribution in [0.2, 0.25) is 5.02 Å². The summed E-state index contributed by atoms with van der Waals surface area (Å²) in [6, 6.07) is 13.8. The minimum atomic E-state index is -0.583. The van der Waals surface area contributed by atoms with E-state index >= 15 is 0 Å². The van der Waals surface area contributed by atoms with E-state index in [1.165, 1.54) is 18.2 Å². The molecule has 2 rings (SSSR count). The second kappa shape index (κ2) is 8.65. The Morgan fingerprint density at radius 2 is 2.00 bits per heavy atom. The Kier molecular flexibility index (Phi) is 6.56. The van der Waals surface area contributed by atoms with Gasteiger partial charge in [-0.2, -0.15) is 0 Å². The molecule has 1 N–H and O–H groups in total. The molecule has 2 aromatic rings. The van der Waals surface area contributed by atoms with Crippen molar-refractivity contribution in [3.63, 3.8) is 0 Å². The molecule has 0 unspecified atom stereocenters. The van der Waals surface area contributed by atoms with E-state index in [9.17, 15) is 9.18 Å². The first-order chi connectivity index (χ1) is 11.1. The number of ether oxygens (including phenoxy) is 1. The van der Waals surface area contributed by atoms with E-state index in [0.29, 0.717) is 24.6 Å². The van der Waals surface area contributed by atoms with Gasteiger partial charge in [-0.1, -0.05) is 41.9 Å². The average molecular weight is 336 g/mol. The molecule has 0 fully saturated rings. The van der Waals surface area contributed by atoms with Crippen LogP contribution in [0.3, 0.4) is 0 Å². The largest absolute Gasteiger partial charge is 0.374 e. The first-order valence-electron chi connectivity index (χ1n) is 7.47. The van der Waals surface area contributed by atoms with Gasteiger partial charge < -0.3 is 10.1 Å². The van der Waals surface area contributed by atoms with Gasteiger partial charge in [0.15, 0.2) is 0 Å². The van der Waals surface area contributed by atoms with Gasteiger partial charge in [0.2, 0.25) is 0 Å². The molecule has 0 aliphatic rings. The van der Waals surface area contributed by atoms with E-state index in [-0.39, 0.29) is 11.7 Å². The minimum Gasteiger partial charge on any atom is -0.374 e. The van der Waals surface area contributed by atoms with Crippen molar-refractivity contribution in [1.29, 1.82) is 0 Å². The van der Waals surface area contributed by atoms with Gasteiger partial charge >= 0.3 is 0 Å². The Morgan fingerprint density at radius 1 is 1.26 bits per heavy atom. The highest BCUT2D eigenvalue weighted by molar-refractivity contribution is 6.30. The number of benzene rings is 2. The third-order valence-corrected chi connectivity index (χ3v) is 3.65. The predicted molar refractivity (Wildman–Crippen MR) is 89.2 cm³/mol. The lowest BCUT2D eigenvalue weighted by molar-refractivity contribution is 0.0634. The zero-order chi connectivity index (χ0) is 16.7. The highest BCUT2D eigenvalue weighted by Gasteiger charge is 2.11. The molecule has 2 aromatic carbocycles. The summed E-state index contributed by atoms with van der Waals surface area (Å²) in [6.45, 7) is 2.90. The number of hydrogen-bond acceptors (Lipinski definition) is 2. The summed E-state index contributed by atoms with van der Waals surface area (Å²) in [5, 5.41) is 2.99. The number of carbonyl (C=O) groups is 1. The quantitative estimate of drug-likeness (QED) is 0.763. The van der Waals surface area contributed by atoms with Crippen LogP contribution in [0.5, 0.6) is 0 Å². The van der Waals surface area contributed by atoms with Crippen LogP contribution >= 0.6 is 11.6 Å². The molecular formula is C18H19ClFNO2. The third-order valence-electron chi connectivity index (χ3n) is 3.42.